The van der Waals surface area contributed by atoms with Gasteiger partial charge in [0.15, 0.2) is 17.3 Å². The Morgan fingerprint density at radius 2 is 1.92 bits per heavy atom. The molecule has 0 unspecified atom stereocenters. The first-order chi connectivity index (χ1) is 18.1. The van der Waals surface area contributed by atoms with Crippen LogP contribution in [-0.4, -0.2) is 79.2 Å². The molecule has 37 heavy (non-hydrogen) atoms. The number of nitrogens with one attached hydrogen (secondary N) is 3. The van der Waals surface area contributed by atoms with E-state index in [2.05, 4.69) is 52.3 Å². The Balaban J connectivity index is 1.35. The number of piperazine rings is 1. The second kappa shape index (κ2) is 9.58. The molecule has 0 bridgehead atoms. The average Bonchev–Trinajstić information content (AvgIpc) is 3.53. The third-order valence-corrected chi connectivity index (χ3v) is 6.66. The molecule has 11 nitrogen and oxygen atoms in total. The largest absolute Gasteiger partial charge is 0.352 e. The number of amides is 1. The van der Waals surface area contributed by atoms with Crippen molar-refractivity contribution < 1.29 is 4.79 Å². The van der Waals surface area contributed by atoms with Crippen molar-refractivity contribution in [3.8, 4) is 22.6 Å². The van der Waals surface area contributed by atoms with Gasteiger partial charge in [0.05, 0.1) is 22.8 Å². The minimum absolute atomic E-state index is 0.0255. The predicted molar refractivity (Wildman–Crippen MR) is 143 cm³/mol. The number of hydrogen-bond acceptors (Lipinski definition) is 8. The normalized spacial score (nSPS) is 14.5. The summed E-state index contributed by atoms with van der Waals surface area (Å²) >= 11 is 0. The number of H-pyrrole nitrogens is 2. The van der Waals surface area contributed by atoms with E-state index < -0.39 is 0 Å². The van der Waals surface area contributed by atoms with Crippen LogP contribution >= 0.6 is 0 Å². The maximum absolute atomic E-state index is 12.0. The summed E-state index contributed by atoms with van der Waals surface area (Å²) in [6, 6.07) is 5.86. The smallest absolute Gasteiger partial charge is 0.224 e. The first-order valence-electron chi connectivity index (χ1n) is 12.5. The summed E-state index contributed by atoms with van der Waals surface area (Å²) in [7, 11) is 2.14. The number of rotatable bonds is 6. The Hall–Kier alpha value is -4.38. The van der Waals surface area contributed by atoms with E-state index in [0.717, 1.165) is 71.7 Å². The fraction of sp³-hybridized carbons (Fsp3) is 0.308. The van der Waals surface area contributed by atoms with Gasteiger partial charge < -0.3 is 20.1 Å². The molecule has 1 aliphatic rings. The summed E-state index contributed by atoms with van der Waals surface area (Å²) in [6.07, 6.45) is 8.24. The summed E-state index contributed by atoms with van der Waals surface area (Å²) in [5.74, 6) is 1.55. The molecule has 5 aromatic heterocycles. The Morgan fingerprint density at radius 1 is 1.08 bits per heavy atom. The molecule has 6 rings (SSSR count). The lowest BCUT2D eigenvalue weighted by Gasteiger charge is -2.33. The van der Waals surface area contributed by atoms with Gasteiger partial charge in [-0.3, -0.25) is 14.9 Å². The number of carbonyl (C=O) groups excluding carboxylic acids is 1. The van der Waals surface area contributed by atoms with Gasteiger partial charge in [-0.15, -0.1) is 0 Å². The predicted octanol–water partition coefficient (Wildman–Crippen LogP) is 3.45. The van der Waals surface area contributed by atoms with Gasteiger partial charge in [-0.2, -0.15) is 5.10 Å². The number of imidazole rings is 1. The highest BCUT2D eigenvalue weighted by atomic mass is 16.1. The molecular formula is C26H28N10O. The van der Waals surface area contributed by atoms with Gasteiger partial charge in [0.25, 0.3) is 0 Å². The number of carbonyl (C=O) groups is 1. The maximum atomic E-state index is 12.0. The van der Waals surface area contributed by atoms with Crippen LogP contribution in [0.15, 0.2) is 43.0 Å². The van der Waals surface area contributed by atoms with E-state index >= 15 is 0 Å². The summed E-state index contributed by atoms with van der Waals surface area (Å²) in [5, 5.41) is 11.2. The van der Waals surface area contributed by atoms with Crippen molar-refractivity contribution >= 4 is 39.5 Å². The van der Waals surface area contributed by atoms with Crippen LogP contribution in [0.2, 0.25) is 0 Å². The van der Waals surface area contributed by atoms with Crippen LogP contribution in [0.25, 0.3) is 44.7 Å². The first-order valence-corrected chi connectivity index (χ1v) is 12.5. The molecule has 1 aliphatic heterocycles. The van der Waals surface area contributed by atoms with Crippen molar-refractivity contribution in [1.82, 2.24) is 40.0 Å². The van der Waals surface area contributed by atoms with Crippen molar-refractivity contribution in [3.63, 3.8) is 0 Å². The molecule has 0 aromatic carbocycles. The van der Waals surface area contributed by atoms with E-state index in [9.17, 15) is 4.79 Å². The van der Waals surface area contributed by atoms with Crippen LogP contribution < -0.4 is 10.2 Å². The number of aromatic nitrogens is 7. The van der Waals surface area contributed by atoms with E-state index in [4.69, 9.17) is 4.98 Å². The Labute approximate surface area is 213 Å². The Bertz CT molecular complexity index is 1580. The summed E-state index contributed by atoms with van der Waals surface area (Å²) < 4.78 is 0. The van der Waals surface area contributed by atoms with Crippen molar-refractivity contribution in [2.75, 3.05) is 43.4 Å². The van der Waals surface area contributed by atoms with Crippen LogP contribution in [0.4, 0.5) is 11.5 Å². The highest BCUT2D eigenvalue weighted by molar-refractivity contribution is 5.96. The van der Waals surface area contributed by atoms with E-state index in [1.54, 1.807) is 18.6 Å². The zero-order chi connectivity index (χ0) is 25.4. The van der Waals surface area contributed by atoms with Crippen LogP contribution in [0, 0.1) is 0 Å². The van der Waals surface area contributed by atoms with Gasteiger partial charge in [-0.1, -0.05) is 6.92 Å². The lowest BCUT2D eigenvalue weighted by atomic mass is 10.1. The second-order valence-electron chi connectivity index (χ2n) is 9.36. The molecule has 0 aliphatic carbocycles. The van der Waals surface area contributed by atoms with Gasteiger partial charge in [0.2, 0.25) is 5.91 Å². The molecule has 5 aromatic rings. The van der Waals surface area contributed by atoms with Crippen LogP contribution in [0.1, 0.15) is 19.8 Å². The van der Waals surface area contributed by atoms with Crippen molar-refractivity contribution in [1.29, 1.82) is 0 Å². The number of hydrogen-bond donors (Lipinski definition) is 3. The monoisotopic (exact) mass is 496 g/mol. The third-order valence-electron chi connectivity index (χ3n) is 6.66. The van der Waals surface area contributed by atoms with Gasteiger partial charge >= 0.3 is 0 Å². The zero-order valence-corrected chi connectivity index (χ0v) is 20.8. The van der Waals surface area contributed by atoms with Crippen LogP contribution in [-0.2, 0) is 4.79 Å². The molecule has 0 atom stereocenters. The number of nitrogens with zero attached hydrogens (tertiary/aromatic N) is 7. The van der Waals surface area contributed by atoms with Crippen LogP contribution in [0.5, 0.6) is 0 Å². The molecule has 1 saturated heterocycles. The molecule has 3 N–H and O–H groups in total. The topological polar surface area (TPSA) is 132 Å². The summed E-state index contributed by atoms with van der Waals surface area (Å²) in [5.41, 5.74) is 5.48. The van der Waals surface area contributed by atoms with Crippen LogP contribution in [0.3, 0.4) is 0 Å². The molecule has 0 saturated carbocycles. The van der Waals surface area contributed by atoms with Gasteiger partial charge in [0.1, 0.15) is 11.2 Å². The van der Waals surface area contributed by atoms with E-state index in [-0.39, 0.29) is 5.91 Å². The number of pyridine rings is 3. The molecule has 6 heterocycles. The summed E-state index contributed by atoms with van der Waals surface area (Å²) in [4.78, 5) is 38.5. The Morgan fingerprint density at radius 3 is 2.76 bits per heavy atom. The van der Waals surface area contributed by atoms with E-state index in [1.165, 1.54) is 0 Å². The molecule has 1 fully saturated rings. The third kappa shape index (κ3) is 4.49. The molecule has 0 spiro atoms. The summed E-state index contributed by atoms with van der Waals surface area (Å²) in [6.45, 7) is 5.79. The fourth-order valence-corrected chi connectivity index (χ4v) is 4.64. The zero-order valence-electron chi connectivity index (χ0n) is 20.8. The van der Waals surface area contributed by atoms with E-state index in [0.29, 0.717) is 23.6 Å². The second-order valence-corrected chi connectivity index (χ2v) is 9.36. The average molecular weight is 497 g/mol. The molecule has 0 radical (unpaired) electrons. The minimum atomic E-state index is -0.0255. The number of fused-ring (bicyclic) bond motifs is 2. The molecule has 11 heteroatoms. The lowest BCUT2D eigenvalue weighted by Crippen LogP contribution is -2.44. The number of aromatic amines is 2. The Kier molecular flexibility index (Phi) is 5.97. The lowest BCUT2D eigenvalue weighted by molar-refractivity contribution is -0.116. The quantitative estimate of drug-likeness (QED) is 0.326. The van der Waals surface area contributed by atoms with Crippen molar-refractivity contribution in [3.05, 3.63) is 43.0 Å². The maximum Gasteiger partial charge on any atom is 0.224 e. The van der Waals surface area contributed by atoms with Gasteiger partial charge in [0, 0.05) is 62.3 Å². The standard InChI is InChI=1S/C26H28N10O/c1-3-4-21(37)30-18-11-16(13-27-15-18)17-12-19-22(33-34-24(19)29-14-17)25-31-20-5-6-28-26(23(20)32-25)36-9-7-35(2)8-10-36/h5-6,11-15H,3-4,7-10H2,1-2H3,(H,30,37)(H,31,32)(H,29,33,34). The number of anilines is 2. The van der Waals surface area contributed by atoms with Crippen molar-refractivity contribution in [2.24, 2.45) is 0 Å². The highest BCUT2D eigenvalue weighted by Gasteiger charge is 2.21. The highest BCUT2D eigenvalue weighted by Crippen LogP contribution is 2.31. The number of likely N-dealkylation sites (N-methyl/N-ethyl adjacent to an activating group) is 1. The fourth-order valence-electron chi connectivity index (χ4n) is 4.64. The SMILES string of the molecule is CCCC(=O)Nc1cncc(-c2cnc3n[nH]c(-c4nc5c(N6CCN(C)CC6)nccc5[nH]4)c3c2)c1. The molecule has 188 valence electrons. The van der Waals surface area contributed by atoms with Crippen molar-refractivity contribution in [2.45, 2.75) is 19.8 Å². The van der Waals surface area contributed by atoms with Gasteiger partial charge in [-0.05, 0) is 31.7 Å². The van der Waals surface area contributed by atoms with E-state index in [1.807, 2.05) is 31.3 Å². The van der Waals surface area contributed by atoms with Gasteiger partial charge in [-0.25, -0.2) is 15.0 Å². The molecular weight excluding hydrogens is 468 g/mol. The first kappa shape index (κ1) is 23.0. The molecule has 1 amide bonds. The minimum Gasteiger partial charge on any atom is -0.352 e.